The van der Waals surface area contributed by atoms with Crippen molar-refractivity contribution in [3.8, 4) is 5.75 Å². The number of Topliss-reactive ketones (excluding diaryl/α,β-unsaturated/α-hetero) is 1. The maximum Gasteiger partial charge on any atom is 0.295 e. The minimum atomic E-state index is -0.886. The van der Waals surface area contributed by atoms with Crippen molar-refractivity contribution < 1.29 is 29.1 Å². The molecule has 0 spiro atoms. The average Bonchev–Trinajstić information content (AvgIpc) is 3.04. The van der Waals surface area contributed by atoms with Gasteiger partial charge < -0.3 is 19.5 Å². The van der Waals surface area contributed by atoms with Gasteiger partial charge in [-0.05, 0) is 43.2 Å². The van der Waals surface area contributed by atoms with E-state index >= 15 is 0 Å². The molecule has 0 radical (unpaired) electrons. The Morgan fingerprint density at radius 2 is 1.91 bits per heavy atom. The van der Waals surface area contributed by atoms with E-state index in [4.69, 9.17) is 9.47 Å². The predicted molar refractivity (Wildman–Crippen MR) is 116 cm³/mol. The highest BCUT2D eigenvalue weighted by molar-refractivity contribution is 6.46. The zero-order chi connectivity index (χ0) is 23.3. The van der Waals surface area contributed by atoms with E-state index in [2.05, 4.69) is 0 Å². The zero-order valence-corrected chi connectivity index (χ0v) is 17.8. The standard InChI is InChI=1S/C23H24N2O7/c1-3-32-18-7-4-6-16(14-18)21(26)19-20(15-8-10-17(11-9-15)25(29)30)24(12-5-13-31-2)23(28)22(19)27/h4,6-11,14,20,26H,3,5,12-13H2,1-2H3. The third-order valence-electron chi connectivity index (χ3n) is 5.13. The molecule has 1 amide bonds. The molecular formula is C23H24N2O7. The van der Waals surface area contributed by atoms with E-state index in [1.165, 1.54) is 36.3 Å². The molecule has 2 aromatic rings. The van der Waals surface area contributed by atoms with Crippen LogP contribution in [-0.2, 0) is 14.3 Å². The Labute approximate surface area is 185 Å². The van der Waals surface area contributed by atoms with Crippen LogP contribution in [0.4, 0.5) is 5.69 Å². The lowest BCUT2D eigenvalue weighted by Gasteiger charge is -2.25. The number of aliphatic hydroxyl groups is 1. The van der Waals surface area contributed by atoms with E-state index in [9.17, 15) is 24.8 Å². The minimum absolute atomic E-state index is 0.0741. The van der Waals surface area contributed by atoms with Crippen LogP contribution in [0, 0.1) is 10.1 Å². The highest BCUT2D eigenvalue weighted by Gasteiger charge is 2.45. The molecule has 9 heteroatoms. The number of ether oxygens (including phenoxy) is 2. The van der Waals surface area contributed by atoms with Gasteiger partial charge in [-0.25, -0.2) is 0 Å². The summed E-state index contributed by atoms with van der Waals surface area (Å²) in [6.45, 7) is 2.85. The van der Waals surface area contributed by atoms with Crippen LogP contribution in [0.25, 0.3) is 5.76 Å². The molecule has 1 fully saturated rings. The molecule has 168 valence electrons. The number of carbonyl (C=O) groups excluding carboxylic acids is 2. The van der Waals surface area contributed by atoms with Gasteiger partial charge in [0.05, 0.1) is 23.1 Å². The summed E-state index contributed by atoms with van der Waals surface area (Å²) in [4.78, 5) is 37.6. The molecule has 0 aliphatic carbocycles. The second kappa shape index (κ2) is 10.1. The largest absolute Gasteiger partial charge is 0.507 e. The lowest BCUT2D eigenvalue weighted by molar-refractivity contribution is -0.384. The minimum Gasteiger partial charge on any atom is -0.507 e. The fourth-order valence-corrected chi connectivity index (χ4v) is 3.67. The Morgan fingerprint density at radius 1 is 1.19 bits per heavy atom. The van der Waals surface area contributed by atoms with Gasteiger partial charge >= 0.3 is 0 Å². The predicted octanol–water partition coefficient (Wildman–Crippen LogP) is 3.45. The topological polar surface area (TPSA) is 119 Å². The molecule has 1 heterocycles. The number of hydrogen-bond acceptors (Lipinski definition) is 7. The molecule has 1 aliphatic rings. The SMILES string of the molecule is CCOc1cccc(C(O)=C2C(=O)C(=O)N(CCCOC)C2c2ccc([N+](=O)[O-])cc2)c1. The van der Waals surface area contributed by atoms with Crippen molar-refractivity contribution in [2.75, 3.05) is 26.9 Å². The molecule has 1 unspecified atom stereocenters. The Kier molecular flexibility index (Phi) is 7.21. The van der Waals surface area contributed by atoms with Crippen LogP contribution >= 0.6 is 0 Å². The van der Waals surface area contributed by atoms with Crippen LogP contribution in [0.3, 0.4) is 0 Å². The van der Waals surface area contributed by atoms with E-state index < -0.39 is 22.7 Å². The Morgan fingerprint density at radius 3 is 2.53 bits per heavy atom. The van der Waals surface area contributed by atoms with E-state index in [0.29, 0.717) is 36.5 Å². The summed E-state index contributed by atoms with van der Waals surface area (Å²) in [5.74, 6) is -1.38. The molecule has 0 bridgehead atoms. The molecule has 0 saturated carbocycles. The number of rotatable bonds is 9. The van der Waals surface area contributed by atoms with Crippen LogP contribution in [0.5, 0.6) is 5.75 Å². The van der Waals surface area contributed by atoms with Gasteiger partial charge in [-0.15, -0.1) is 0 Å². The number of benzene rings is 2. The molecule has 1 N–H and O–H groups in total. The summed E-state index contributed by atoms with van der Waals surface area (Å²) in [6.07, 6.45) is 0.479. The van der Waals surface area contributed by atoms with Crippen molar-refractivity contribution in [3.63, 3.8) is 0 Å². The van der Waals surface area contributed by atoms with Gasteiger partial charge in [0.2, 0.25) is 0 Å². The summed E-state index contributed by atoms with van der Waals surface area (Å²) in [5, 5.41) is 22.1. The number of hydrogen-bond donors (Lipinski definition) is 1. The first-order chi connectivity index (χ1) is 15.4. The van der Waals surface area contributed by atoms with Gasteiger partial charge in [-0.2, -0.15) is 0 Å². The van der Waals surface area contributed by atoms with Gasteiger partial charge in [-0.1, -0.05) is 12.1 Å². The number of amides is 1. The number of nitrogens with zero attached hydrogens (tertiary/aromatic N) is 2. The van der Waals surface area contributed by atoms with Crippen molar-refractivity contribution in [1.29, 1.82) is 0 Å². The van der Waals surface area contributed by atoms with Gasteiger partial charge in [0.25, 0.3) is 17.4 Å². The summed E-state index contributed by atoms with van der Waals surface area (Å²) < 4.78 is 10.5. The highest BCUT2D eigenvalue weighted by Crippen LogP contribution is 2.40. The molecule has 32 heavy (non-hydrogen) atoms. The Bertz CT molecular complexity index is 1050. The second-order valence-corrected chi connectivity index (χ2v) is 7.15. The third kappa shape index (κ3) is 4.62. The first kappa shape index (κ1) is 23.0. The van der Waals surface area contributed by atoms with Crippen LogP contribution < -0.4 is 4.74 Å². The highest BCUT2D eigenvalue weighted by atomic mass is 16.6. The molecular weight excluding hydrogens is 416 g/mol. The smallest absolute Gasteiger partial charge is 0.295 e. The Hall–Kier alpha value is -3.72. The number of nitro benzene ring substituents is 1. The van der Waals surface area contributed by atoms with Crippen LogP contribution in [0.2, 0.25) is 0 Å². The van der Waals surface area contributed by atoms with E-state index in [1.807, 2.05) is 6.92 Å². The normalized spacial score (nSPS) is 17.6. The van der Waals surface area contributed by atoms with E-state index in [-0.39, 0.29) is 23.6 Å². The van der Waals surface area contributed by atoms with Gasteiger partial charge in [0.1, 0.15) is 11.5 Å². The van der Waals surface area contributed by atoms with Crippen molar-refractivity contribution in [2.45, 2.75) is 19.4 Å². The second-order valence-electron chi connectivity index (χ2n) is 7.15. The van der Waals surface area contributed by atoms with Crippen LogP contribution in [0.1, 0.15) is 30.5 Å². The van der Waals surface area contributed by atoms with Crippen molar-refractivity contribution in [1.82, 2.24) is 4.90 Å². The first-order valence-electron chi connectivity index (χ1n) is 10.1. The molecule has 1 saturated heterocycles. The van der Waals surface area contributed by atoms with Gasteiger partial charge in [-0.3, -0.25) is 19.7 Å². The number of carbonyl (C=O) groups is 2. The molecule has 0 aromatic heterocycles. The van der Waals surface area contributed by atoms with E-state index in [0.717, 1.165) is 0 Å². The lowest BCUT2D eigenvalue weighted by atomic mass is 9.95. The maximum atomic E-state index is 13.0. The number of likely N-dealkylation sites (tertiary alicyclic amines) is 1. The van der Waals surface area contributed by atoms with Gasteiger partial charge in [0, 0.05) is 38.0 Å². The quantitative estimate of drug-likeness (QED) is 0.158. The number of non-ortho nitro benzene ring substituents is 1. The number of methoxy groups -OCH3 is 1. The maximum absolute atomic E-state index is 13.0. The first-order valence-corrected chi connectivity index (χ1v) is 10.1. The van der Waals surface area contributed by atoms with Crippen LogP contribution in [-0.4, -0.2) is 53.5 Å². The number of nitro groups is 1. The molecule has 1 atom stereocenters. The summed E-state index contributed by atoms with van der Waals surface area (Å²) in [5.41, 5.74) is 0.622. The van der Waals surface area contributed by atoms with Gasteiger partial charge in [0.15, 0.2) is 0 Å². The van der Waals surface area contributed by atoms with Crippen molar-refractivity contribution in [3.05, 3.63) is 75.3 Å². The summed E-state index contributed by atoms with van der Waals surface area (Å²) >= 11 is 0. The average molecular weight is 440 g/mol. The fraction of sp³-hybridized carbons (Fsp3) is 0.304. The molecule has 2 aromatic carbocycles. The lowest BCUT2D eigenvalue weighted by Crippen LogP contribution is -2.31. The molecule has 3 rings (SSSR count). The Balaban J connectivity index is 2.11. The van der Waals surface area contributed by atoms with Crippen LogP contribution in [0.15, 0.2) is 54.1 Å². The summed E-state index contributed by atoms with van der Waals surface area (Å²) in [6, 6.07) is 11.3. The number of ketones is 1. The molecule has 9 nitrogen and oxygen atoms in total. The zero-order valence-electron chi connectivity index (χ0n) is 17.8. The fourth-order valence-electron chi connectivity index (χ4n) is 3.67. The third-order valence-corrected chi connectivity index (χ3v) is 5.13. The van der Waals surface area contributed by atoms with Crippen molar-refractivity contribution in [2.24, 2.45) is 0 Å². The van der Waals surface area contributed by atoms with E-state index in [1.54, 1.807) is 24.3 Å². The monoisotopic (exact) mass is 440 g/mol. The number of aliphatic hydroxyl groups excluding tert-OH is 1. The molecule has 1 aliphatic heterocycles. The summed E-state index contributed by atoms with van der Waals surface area (Å²) in [7, 11) is 1.54. The van der Waals surface area contributed by atoms with Crippen molar-refractivity contribution >= 4 is 23.1 Å².